The molecule has 0 bridgehead atoms. The minimum absolute atomic E-state index is 0.212. The molecule has 3 N–H and O–H groups in total. The molecule has 0 saturated carbocycles. The maximum Gasteiger partial charge on any atom is 0.105 e. The van der Waals surface area contributed by atoms with Crippen LogP contribution in [0.15, 0.2) is 24.3 Å². The van der Waals surface area contributed by atoms with Gasteiger partial charge < -0.3 is 10.4 Å². The average molecular weight is 260 g/mol. The van der Waals surface area contributed by atoms with Gasteiger partial charge in [0.25, 0.3) is 0 Å². The van der Waals surface area contributed by atoms with Gasteiger partial charge in [-0.05, 0) is 38.5 Å². The number of quaternary nitrogens is 1. The summed E-state index contributed by atoms with van der Waals surface area (Å²) in [5.74, 6) is 0. The molecule has 0 radical (unpaired) electrons. The Hall–Kier alpha value is -1.65. The molecule has 4 heteroatoms. The van der Waals surface area contributed by atoms with E-state index in [1.807, 2.05) is 11.6 Å². The van der Waals surface area contributed by atoms with Crippen molar-refractivity contribution in [3.05, 3.63) is 46.8 Å². The minimum Gasteiger partial charge on any atom is -0.391 e. The van der Waals surface area contributed by atoms with E-state index in [0.29, 0.717) is 0 Å². The van der Waals surface area contributed by atoms with Crippen LogP contribution in [0, 0.1) is 20.8 Å². The van der Waals surface area contributed by atoms with Crippen LogP contribution < -0.4 is 5.32 Å². The lowest BCUT2D eigenvalue weighted by molar-refractivity contribution is -0.671. The van der Waals surface area contributed by atoms with Crippen molar-refractivity contribution in [2.75, 3.05) is 13.2 Å². The molecule has 1 aromatic carbocycles. The second-order valence-electron chi connectivity index (χ2n) is 4.91. The molecule has 102 valence electrons. The van der Waals surface area contributed by atoms with Crippen LogP contribution in [0.25, 0.3) is 5.69 Å². The second-order valence-corrected chi connectivity index (χ2v) is 4.91. The standard InChI is InChI=1S/C15H21N3O/c1-11-5-4-6-14(9-11)18-13(3)15(12(2)17-18)10-16-7-8-19/h4-6,9,16,19H,7-8,10H2,1-3H3/p+1. The lowest BCUT2D eigenvalue weighted by atomic mass is 10.2. The predicted molar refractivity (Wildman–Crippen MR) is 75.4 cm³/mol. The highest BCUT2D eigenvalue weighted by Crippen LogP contribution is 2.17. The van der Waals surface area contributed by atoms with Gasteiger partial charge in [-0.3, -0.25) is 0 Å². The number of nitrogens with zero attached hydrogens (tertiary/aromatic N) is 2. The lowest BCUT2D eigenvalue weighted by Gasteiger charge is -2.06. The number of hydrogen-bond donors (Lipinski definition) is 2. The summed E-state index contributed by atoms with van der Waals surface area (Å²) in [6.45, 7) is 8.04. The van der Waals surface area contributed by atoms with Crippen LogP contribution in [0.3, 0.4) is 0 Å². The maximum atomic E-state index is 8.84. The summed E-state index contributed by atoms with van der Waals surface area (Å²) >= 11 is 0. The Kier molecular flexibility index (Phi) is 4.35. The Morgan fingerprint density at radius 1 is 1.26 bits per heavy atom. The summed E-state index contributed by atoms with van der Waals surface area (Å²) in [4.78, 5) is 0. The fourth-order valence-corrected chi connectivity index (χ4v) is 2.32. The van der Waals surface area contributed by atoms with Crippen LogP contribution in [0.2, 0.25) is 0 Å². The van der Waals surface area contributed by atoms with Gasteiger partial charge in [0.1, 0.15) is 6.54 Å². The second kappa shape index (κ2) is 5.99. The zero-order valence-electron chi connectivity index (χ0n) is 11.8. The van der Waals surface area contributed by atoms with Gasteiger partial charge in [0.05, 0.1) is 35.8 Å². The monoisotopic (exact) mass is 260 g/mol. The highest BCUT2D eigenvalue weighted by Gasteiger charge is 2.13. The molecule has 0 fully saturated rings. The molecule has 2 aromatic rings. The van der Waals surface area contributed by atoms with Crippen molar-refractivity contribution in [3.63, 3.8) is 0 Å². The van der Waals surface area contributed by atoms with Crippen molar-refractivity contribution < 1.29 is 10.4 Å². The van der Waals surface area contributed by atoms with Crippen LogP contribution in [-0.4, -0.2) is 28.0 Å². The summed E-state index contributed by atoms with van der Waals surface area (Å²) in [5, 5.41) is 15.6. The van der Waals surface area contributed by atoms with E-state index in [2.05, 4.69) is 48.5 Å². The molecular formula is C15H22N3O+. The van der Waals surface area contributed by atoms with E-state index in [1.54, 1.807) is 0 Å². The topological polar surface area (TPSA) is 54.7 Å². The third-order valence-electron chi connectivity index (χ3n) is 3.37. The van der Waals surface area contributed by atoms with Gasteiger partial charge in [0.2, 0.25) is 0 Å². The Morgan fingerprint density at radius 3 is 2.74 bits per heavy atom. The molecular weight excluding hydrogens is 238 g/mol. The van der Waals surface area contributed by atoms with Crippen molar-refractivity contribution in [1.29, 1.82) is 0 Å². The SMILES string of the molecule is Cc1cccc(-n2nc(C)c(C[NH2+]CCO)c2C)c1. The van der Waals surface area contributed by atoms with Crippen LogP contribution in [-0.2, 0) is 6.54 Å². The predicted octanol–water partition coefficient (Wildman–Crippen LogP) is 0.853. The third-order valence-corrected chi connectivity index (χ3v) is 3.37. The Balaban J connectivity index is 2.30. The third kappa shape index (κ3) is 3.03. The molecule has 0 spiro atoms. The smallest absolute Gasteiger partial charge is 0.105 e. The highest BCUT2D eigenvalue weighted by atomic mass is 16.3. The van der Waals surface area contributed by atoms with E-state index < -0.39 is 0 Å². The van der Waals surface area contributed by atoms with Gasteiger partial charge in [-0.2, -0.15) is 5.10 Å². The maximum absolute atomic E-state index is 8.84. The van der Waals surface area contributed by atoms with Crippen molar-refractivity contribution in [3.8, 4) is 5.69 Å². The number of aromatic nitrogens is 2. The van der Waals surface area contributed by atoms with Crippen LogP contribution in [0.4, 0.5) is 0 Å². The van der Waals surface area contributed by atoms with Crippen molar-refractivity contribution in [1.82, 2.24) is 9.78 Å². The Labute approximate surface area is 114 Å². The minimum atomic E-state index is 0.212. The van der Waals surface area contributed by atoms with Crippen molar-refractivity contribution in [2.24, 2.45) is 0 Å². The first-order valence-electron chi connectivity index (χ1n) is 6.68. The molecule has 1 aromatic heterocycles. The summed E-state index contributed by atoms with van der Waals surface area (Å²) in [6.07, 6.45) is 0. The van der Waals surface area contributed by atoms with Gasteiger partial charge in [-0.25, -0.2) is 4.68 Å². The number of aliphatic hydroxyl groups excluding tert-OH is 1. The van der Waals surface area contributed by atoms with Crippen molar-refractivity contribution >= 4 is 0 Å². The highest BCUT2D eigenvalue weighted by molar-refractivity contribution is 5.39. The number of aliphatic hydroxyl groups is 1. The van der Waals surface area contributed by atoms with Gasteiger partial charge >= 0.3 is 0 Å². The number of aryl methyl sites for hydroxylation is 2. The number of benzene rings is 1. The zero-order valence-corrected chi connectivity index (χ0v) is 11.8. The van der Waals surface area contributed by atoms with E-state index in [-0.39, 0.29) is 6.61 Å². The fourth-order valence-electron chi connectivity index (χ4n) is 2.32. The van der Waals surface area contributed by atoms with E-state index >= 15 is 0 Å². The van der Waals surface area contributed by atoms with Gasteiger partial charge in [0.15, 0.2) is 0 Å². The first kappa shape index (κ1) is 13.8. The first-order valence-corrected chi connectivity index (χ1v) is 6.68. The van der Waals surface area contributed by atoms with E-state index in [4.69, 9.17) is 5.11 Å². The fraction of sp³-hybridized carbons (Fsp3) is 0.400. The number of hydrogen-bond acceptors (Lipinski definition) is 2. The molecule has 0 amide bonds. The van der Waals surface area contributed by atoms with Crippen LogP contribution in [0.1, 0.15) is 22.5 Å². The van der Waals surface area contributed by atoms with E-state index in [0.717, 1.165) is 24.5 Å². The molecule has 0 atom stereocenters. The Bertz CT molecular complexity index is 561. The first-order chi connectivity index (χ1) is 9.13. The number of rotatable bonds is 5. The van der Waals surface area contributed by atoms with Gasteiger partial charge in [-0.1, -0.05) is 12.1 Å². The largest absolute Gasteiger partial charge is 0.391 e. The lowest BCUT2D eigenvalue weighted by Crippen LogP contribution is -2.83. The molecule has 0 aliphatic heterocycles. The summed E-state index contributed by atoms with van der Waals surface area (Å²) < 4.78 is 2.00. The molecule has 0 aliphatic rings. The molecule has 1 heterocycles. The summed E-state index contributed by atoms with van der Waals surface area (Å²) in [7, 11) is 0. The van der Waals surface area contributed by atoms with E-state index in [1.165, 1.54) is 16.8 Å². The molecule has 0 aliphatic carbocycles. The van der Waals surface area contributed by atoms with Crippen LogP contribution in [0.5, 0.6) is 0 Å². The molecule has 4 nitrogen and oxygen atoms in total. The zero-order chi connectivity index (χ0) is 13.8. The average Bonchev–Trinajstić information content (AvgIpc) is 2.67. The van der Waals surface area contributed by atoms with Gasteiger partial charge in [0, 0.05) is 0 Å². The quantitative estimate of drug-likeness (QED) is 0.783. The Morgan fingerprint density at radius 2 is 2.05 bits per heavy atom. The molecule has 19 heavy (non-hydrogen) atoms. The molecule has 0 saturated heterocycles. The summed E-state index contributed by atoms with van der Waals surface area (Å²) in [5.41, 5.74) is 5.84. The summed E-state index contributed by atoms with van der Waals surface area (Å²) in [6, 6.07) is 8.36. The molecule has 2 rings (SSSR count). The van der Waals surface area contributed by atoms with E-state index in [9.17, 15) is 0 Å². The normalized spacial score (nSPS) is 10.9. The van der Waals surface area contributed by atoms with Crippen LogP contribution >= 0.6 is 0 Å². The number of nitrogens with two attached hydrogens (primary N) is 1. The molecule has 0 unspecified atom stereocenters. The van der Waals surface area contributed by atoms with Crippen molar-refractivity contribution in [2.45, 2.75) is 27.3 Å². The van der Waals surface area contributed by atoms with Gasteiger partial charge in [-0.15, -0.1) is 0 Å².